The predicted molar refractivity (Wildman–Crippen MR) is 95.4 cm³/mol. The first-order valence-electron chi connectivity index (χ1n) is 8.44. The van der Waals surface area contributed by atoms with Crippen LogP contribution in [-0.4, -0.2) is 37.6 Å². The molecule has 0 saturated heterocycles. The second-order valence-corrected chi connectivity index (χ2v) is 6.71. The number of hydrogen-bond donors (Lipinski definition) is 1. The molecule has 0 atom stereocenters. The van der Waals surface area contributed by atoms with Gasteiger partial charge in [0.2, 0.25) is 5.91 Å². The number of nitrogens with one attached hydrogen (secondary N) is 1. The molecule has 0 unspecified atom stereocenters. The van der Waals surface area contributed by atoms with Crippen molar-refractivity contribution in [2.45, 2.75) is 51.0 Å². The summed E-state index contributed by atoms with van der Waals surface area (Å²) in [7, 11) is 3.71. The zero-order valence-electron chi connectivity index (χ0n) is 14.1. The van der Waals surface area contributed by atoms with E-state index in [2.05, 4.69) is 17.3 Å². The fourth-order valence-corrected chi connectivity index (χ4v) is 3.32. The molecule has 1 amide bonds. The van der Waals surface area contributed by atoms with Gasteiger partial charge >= 0.3 is 0 Å². The number of ether oxygens (including phenoxy) is 1. The van der Waals surface area contributed by atoms with E-state index in [1.807, 2.05) is 0 Å². The van der Waals surface area contributed by atoms with Gasteiger partial charge in [0.05, 0.1) is 12.8 Å². The highest BCUT2D eigenvalue weighted by atomic mass is 35.5. The number of halogens is 1. The molecule has 0 heterocycles. The Bertz CT molecular complexity index is 514. The van der Waals surface area contributed by atoms with Crippen LogP contribution in [0, 0.1) is 0 Å². The van der Waals surface area contributed by atoms with Gasteiger partial charge in [-0.2, -0.15) is 0 Å². The molecule has 0 spiro atoms. The molecule has 0 aromatic heterocycles. The van der Waals surface area contributed by atoms with Crippen molar-refractivity contribution in [1.82, 2.24) is 4.90 Å². The van der Waals surface area contributed by atoms with Gasteiger partial charge in [0.15, 0.2) is 0 Å². The number of amides is 1. The third-order valence-electron chi connectivity index (χ3n) is 4.58. The van der Waals surface area contributed by atoms with E-state index < -0.39 is 0 Å². The smallest absolute Gasteiger partial charge is 0.225 e. The lowest BCUT2D eigenvalue weighted by atomic mass is 10.1. The minimum absolute atomic E-state index is 0.00830. The first kappa shape index (κ1) is 18.1. The Labute approximate surface area is 144 Å². The average Bonchev–Trinajstić information content (AvgIpc) is 2.82. The van der Waals surface area contributed by atoms with E-state index in [1.165, 1.54) is 38.5 Å². The van der Waals surface area contributed by atoms with Crippen molar-refractivity contribution in [3.05, 3.63) is 23.2 Å². The SMILES string of the molecule is COc1ccc(Cl)cc1NC(=O)CCN(C)C1CCCCCC1. The minimum atomic E-state index is -0.00830. The number of methoxy groups -OCH3 is 1. The molecule has 0 bridgehead atoms. The zero-order valence-corrected chi connectivity index (χ0v) is 14.9. The number of rotatable bonds is 6. The van der Waals surface area contributed by atoms with E-state index in [-0.39, 0.29) is 5.91 Å². The molecular formula is C18H27ClN2O2. The Morgan fingerprint density at radius 1 is 1.30 bits per heavy atom. The standard InChI is InChI=1S/C18H27ClN2O2/c1-21(15-7-5-3-4-6-8-15)12-11-18(22)20-16-13-14(19)9-10-17(16)23-2/h9-10,13,15H,3-8,11-12H2,1-2H3,(H,20,22). The monoisotopic (exact) mass is 338 g/mol. The summed E-state index contributed by atoms with van der Waals surface area (Å²) in [6, 6.07) is 5.84. The summed E-state index contributed by atoms with van der Waals surface area (Å²) in [5, 5.41) is 3.48. The number of anilines is 1. The van der Waals surface area contributed by atoms with Gasteiger partial charge in [-0.15, -0.1) is 0 Å². The van der Waals surface area contributed by atoms with E-state index in [4.69, 9.17) is 16.3 Å². The summed E-state index contributed by atoms with van der Waals surface area (Å²) >= 11 is 5.99. The van der Waals surface area contributed by atoms with Crippen molar-refractivity contribution in [1.29, 1.82) is 0 Å². The van der Waals surface area contributed by atoms with E-state index >= 15 is 0 Å². The molecule has 4 nitrogen and oxygen atoms in total. The molecule has 23 heavy (non-hydrogen) atoms. The van der Waals surface area contributed by atoms with Crippen molar-refractivity contribution in [2.24, 2.45) is 0 Å². The van der Waals surface area contributed by atoms with Crippen LogP contribution in [-0.2, 0) is 4.79 Å². The molecule has 1 N–H and O–H groups in total. The fourth-order valence-electron chi connectivity index (χ4n) is 3.15. The minimum Gasteiger partial charge on any atom is -0.495 e. The van der Waals surface area contributed by atoms with Crippen molar-refractivity contribution in [2.75, 3.05) is 26.0 Å². The first-order valence-corrected chi connectivity index (χ1v) is 8.81. The first-order chi connectivity index (χ1) is 11.1. The number of carbonyl (C=O) groups is 1. The van der Waals surface area contributed by atoms with Crippen LogP contribution in [0.3, 0.4) is 0 Å². The summed E-state index contributed by atoms with van der Waals surface area (Å²) in [6.07, 6.45) is 8.28. The molecule has 0 radical (unpaired) electrons. The highest BCUT2D eigenvalue weighted by Crippen LogP contribution is 2.28. The van der Waals surface area contributed by atoms with Gasteiger partial charge in [0.25, 0.3) is 0 Å². The molecule has 1 aliphatic carbocycles. The van der Waals surface area contributed by atoms with Crippen LogP contribution in [0.5, 0.6) is 5.75 Å². The summed E-state index contributed by atoms with van der Waals surface area (Å²) in [6.45, 7) is 0.777. The molecule has 1 saturated carbocycles. The van der Waals surface area contributed by atoms with Gasteiger partial charge < -0.3 is 15.0 Å². The number of hydrogen-bond acceptors (Lipinski definition) is 3. The van der Waals surface area contributed by atoms with Crippen molar-refractivity contribution in [3.8, 4) is 5.75 Å². The highest BCUT2D eigenvalue weighted by Gasteiger charge is 2.17. The van der Waals surface area contributed by atoms with Gasteiger partial charge in [0.1, 0.15) is 5.75 Å². The molecule has 128 valence electrons. The maximum Gasteiger partial charge on any atom is 0.225 e. The van der Waals surface area contributed by atoms with Gasteiger partial charge in [-0.05, 0) is 38.1 Å². The maximum absolute atomic E-state index is 12.2. The van der Waals surface area contributed by atoms with Crippen LogP contribution in [0.1, 0.15) is 44.9 Å². The van der Waals surface area contributed by atoms with E-state index in [1.54, 1.807) is 25.3 Å². The third kappa shape index (κ3) is 5.70. The number of carbonyl (C=O) groups excluding carboxylic acids is 1. The summed E-state index contributed by atoms with van der Waals surface area (Å²) in [5.74, 6) is 0.617. The lowest BCUT2D eigenvalue weighted by Gasteiger charge is -2.26. The molecular weight excluding hydrogens is 312 g/mol. The van der Waals surface area contributed by atoms with Gasteiger partial charge in [-0.25, -0.2) is 0 Å². The fraction of sp³-hybridized carbons (Fsp3) is 0.611. The molecule has 1 aromatic rings. The summed E-state index contributed by atoms with van der Waals surface area (Å²) < 4.78 is 5.25. The topological polar surface area (TPSA) is 41.6 Å². The van der Waals surface area contributed by atoms with Crippen LogP contribution in [0.4, 0.5) is 5.69 Å². The average molecular weight is 339 g/mol. The molecule has 1 aromatic carbocycles. The number of nitrogens with zero attached hydrogens (tertiary/aromatic N) is 1. The lowest BCUT2D eigenvalue weighted by Crippen LogP contribution is -2.33. The Kier molecular flexibility index (Phi) is 7.18. The van der Waals surface area contributed by atoms with Gasteiger partial charge in [-0.1, -0.05) is 37.3 Å². The second kappa shape index (κ2) is 9.14. The van der Waals surface area contributed by atoms with Crippen LogP contribution in [0.25, 0.3) is 0 Å². The third-order valence-corrected chi connectivity index (χ3v) is 4.81. The van der Waals surface area contributed by atoms with Gasteiger partial charge in [-0.3, -0.25) is 4.79 Å². The van der Waals surface area contributed by atoms with E-state index in [0.717, 1.165) is 6.54 Å². The van der Waals surface area contributed by atoms with Crippen LogP contribution < -0.4 is 10.1 Å². The van der Waals surface area contributed by atoms with Crippen molar-refractivity contribution in [3.63, 3.8) is 0 Å². The lowest BCUT2D eigenvalue weighted by molar-refractivity contribution is -0.116. The molecule has 2 rings (SSSR count). The highest BCUT2D eigenvalue weighted by molar-refractivity contribution is 6.31. The maximum atomic E-state index is 12.2. The molecule has 1 aliphatic rings. The van der Waals surface area contributed by atoms with Crippen LogP contribution in [0.2, 0.25) is 5.02 Å². The van der Waals surface area contributed by atoms with Crippen molar-refractivity contribution < 1.29 is 9.53 Å². The van der Waals surface area contributed by atoms with Crippen LogP contribution >= 0.6 is 11.6 Å². The summed E-state index contributed by atoms with van der Waals surface area (Å²) in [5.41, 5.74) is 0.627. The Hall–Kier alpha value is -1.26. The molecule has 0 aliphatic heterocycles. The largest absolute Gasteiger partial charge is 0.495 e. The van der Waals surface area contributed by atoms with Crippen molar-refractivity contribution >= 4 is 23.2 Å². The Balaban J connectivity index is 1.83. The van der Waals surface area contributed by atoms with E-state index in [9.17, 15) is 4.79 Å². The Morgan fingerprint density at radius 2 is 2.00 bits per heavy atom. The predicted octanol–water partition coefficient (Wildman–Crippen LogP) is 4.33. The van der Waals surface area contributed by atoms with Crippen LogP contribution in [0.15, 0.2) is 18.2 Å². The second-order valence-electron chi connectivity index (χ2n) is 6.27. The normalized spacial score (nSPS) is 16.2. The Morgan fingerprint density at radius 3 is 2.65 bits per heavy atom. The zero-order chi connectivity index (χ0) is 16.7. The quantitative estimate of drug-likeness (QED) is 0.785. The molecule has 1 fully saturated rings. The molecule has 5 heteroatoms. The van der Waals surface area contributed by atoms with E-state index in [0.29, 0.717) is 28.9 Å². The summed E-state index contributed by atoms with van der Waals surface area (Å²) in [4.78, 5) is 14.5. The number of benzene rings is 1. The van der Waals surface area contributed by atoms with Gasteiger partial charge in [0, 0.05) is 24.0 Å².